The Bertz CT molecular complexity index is 511. The van der Waals surface area contributed by atoms with Crippen molar-refractivity contribution in [2.75, 3.05) is 0 Å². The molecule has 80 valence electrons. The van der Waals surface area contributed by atoms with Gasteiger partial charge >= 0.3 is 0 Å². The Balaban J connectivity index is 1.97. The molecule has 0 unspecified atom stereocenters. The van der Waals surface area contributed by atoms with Crippen LogP contribution in [0.15, 0.2) is 28.6 Å². The van der Waals surface area contributed by atoms with Crippen LogP contribution >= 0.6 is 23.3 Å². The topological polar surface area (TPSA) is 49.6 Å². The summed E-state index contributed by atoms with van der Waals surface area (Å²) >= 11 is 3.10. The largest absolute Gasteiger partial charge is 0.213 e. The molecule has 1 aromatic heterocycles. The van der Waals surface area contributed by atoms with E-state index >= 15 is 0 Å². The van der Waals surface area contributed by atoms with Gasteiger partial charge in [-0.2, -0.15) is 9.64 Å². The predicted molar refractivity (Wildman–Crippen MR) is 65.4 cm³/mol. The first-order valence-electron chi connectivity index (χ1n) is 4.70. The third kappa shape index (κ3) is 2.81. The molecule has 0 atom stereocenters. The first-order valence-corrected chi connectivity index (χ1v) is 6.46. The Morgan fingerprint density at radius 3 is 2.69 bits per heavy atom. The maximum atomic E-state index is 8.67. The summed E-state index contributed by atoms with van der Waals surface area (Å²) < 4.78 is 5.11. The van der Waals surface area contributed by atoms with Crippen molar-refractivity contribution < 1.29 is 0 Å². The second kappa shape index (κ2) is 5.10. The molecule has 0 aliphatic heterocycles. The molecule has 0 aliphatic carbocycles. The zero-order valence-corrected chi connectivity index (χ0v) is 10.3. The van der Waals surface area contributed by atoms with Gasteiger partial charge in [-0.1, -0.05) is 23.9 Å². The van der Waals surface area contributed by atoms with Crippen molar-refractivity contribution in [3.63, 3.8) is 0 Å². The molecule has 1 heterocycles. The van der Waals surface area contributed by atoms with Gasteiger partial charge in [0.05, 0.1) is 11.6 Å². The van der Waals surface area contributed by atoms with Crippen LogP contribution in [0.2, 0.25) is 0 Å². The highest BCUT2D eigenvalue weighted by Crippen LogP contribution is 2.24. The van der Waals surface area contributed by atoms with Gasteiger partial charge in [-0.15, -0.1) is 0 Å². The Morgan fingerprint density at radius 2 is 2.12 bits per heavy atom. The SMILES string of the molecule is Cc1nsc(SCc2ccc(C#N)cc2)n1. The summed E-state index contributed by atoms with van der Waals surface area (Å²) in [6.45, 7) is 1.89. The lowest BCUT2D eigenvalue weighted by Gasteiger charge is -1.98. The molecule has 5 heteroatoms. The summed E-state index contributed by atoms with van der Waals surface area (Å²) in [5.74, 6) is 1.69. The Hall–Kier alpha value is -1.38. The van der Waals surface area contributed by atoms with Crippen LogP contribution in [-0.4, -0.2) is 9.36 Å². The van der Waals surface area contributed by atoms with Crippen LogP contribution in [0.3, 0.4) is 0 Å². The predicted octanol–water partition coefficient (Wildman–Crippen LogP) is 3.01. The molecule has 0 bridgehead atoms. The highest BCUT2D eigenvalue weighted by Gasteiger charge is 2.01. The molecule has 3 nitrogen and oxygen atoms in total. The normalized spacial score (nSPS) is 10.0. The zero-order valence-electron chi connectivity index (χ0n) is 8.67. The number of rotatable bonds is 3. The van der Waals surface area contributed by atoms with Crippen LogP contribution in [0.5, 0.6) is 0 Å². The van der Waals surface area contributed by atoms with Gasteiger partial charge in [-0.05, 0) is 36.2 Å². The van der Waals surface area contributed by atoms with E-state index in [1.807, 2.05) is 31.2 Å². The van der Waals surface area contributed by atoms with E-state index in [0.717, 1.165) is 15.9 Å². The molecule has 0 spiro atoms. The number of nitrogens with zero attached hydrogens (tertiary/aromatic N) is 3. The van der Waals surface area contributed by atoms with Crippen LogP contribution < -0.4 is 0 Å². The van der Waals surface area contributed by atoms with Gasteiger partial charge < -0.3 is 0 Å². The average molecular weight is 247 g/mol. The molecule has 0 saturated heterocycles. The van der Waals surface area contributed by atoms with Crippen molar-refractivity contribution in [3.05, 3.63) is 41.2 Å². The lowest BCUT2D eigenvalue weighted by molar-refractivity contribution is 1.10. The molecule has 0 aliphatic rings. The number of aromatic nitrogens is 2. The summed E-state index contributed by atoms with van der Waals surface area (Å²) in [6, 6.07) is 9.72. The third-order valence-electron chi connectivity index (χ3n) is 1.95. The van der Waals surface area contributed by atoms with Gasteiger partial charge in [0.25, 0.3) is 0 Å². The highest BCUT2D eigenvalue weighted by molar-refractivity contribution is 8.00. The lowest BCUT2D eigenvalue weighted by atomic mass is 10.2. The van der Waals surface area contributed by atoms with Crippen LogP contribution in [-0.2, 0) is 5.75 Å². The Labute approximate surface area is 102 Å². The van der Waals surface area contributed by atoms with Gasteiger partial charge in [-0.25, -0.2) is 4.98 Å². The molecule has 0 radical (unpaired) electrons. The smallest absolute Gasteiger partial charge is 0.170 e. The summed E-state index contributed by atoms with van der Waals surface area (Å²) in [6.07, 6.45) is 0. The monoisotopic (exact) mass is 247 g/mol. The van der Waals surface area contributed by atoms with E-state index in [-0.39, 0.29) is 0 Å². The Kier molecular flexibility index (Phi) is 3.54. The van der Waals surface area contributed by atoms with E-state index in [2.05, 4.69) is 15.4 Å². The van der Waals surface area contributed by atoms with E-state index in [1.54, 1.807) is 11.8 Å². The minimum Gasteiger partial charge on any atom is -0.213 e. The van der Waals surface area contributed by atoms with Crippen molar-refractivity contribution >= 4 is 23.3 Å². The number of thioether (sulfide) groups is 1. The molecular formula is C11H9N3S2. The minimum atomic E-state index is 0.695. The maximum Gasteiger partial charge on any atom is 0.170 e. The maximum absolute atomic E-state index is 8.67. The van der Waals surface area contributed by atoms with Crippen molar-refractivity contribution in [2.45, 2.75) is 17.0 Å². The second-order valence-electron chi connectivity index (χ2n) is 3.20. The van der Waals surface area contributed by atoms with E-state index in [0.29, 0.717) is 5.56 Å². The summed E-state index contributed by atoms with van der Waals surface area (Å²) in [4.78, 5) is 4.28. The van der Waals surface area contributed by atoms with E-state index in [4.69, 9.17) is 5.26 Å². The van der Waals surface area contributed by atoms with Crippen LogP contribution in [0.4, 0.5) is 0 Å². The molecule has 0 saturated carbocycles. The molecular weight excluding hydrogens is 238 g/mol. The van der Waals surface area contributed by atoms with Crippen LogP contribution in [0.1, 0.15) is 17.0 Å². The fourth-order valence-corrected chi connectivity index (χ4v) is 2.76. The summed E-state index contributed by atoms with van der Waals surface area (Å²) in [5.41, 5.74) is 1.89. The molecule has 0 amide bonds. The summed E-state index contributed by atoms with van der Waals surface area (Å²) in [7, 11) is 0. The Morgan fingerprint density at radius 1 is 1.38 bits per heavy atom. The zero-order chi connectivity index (χ0) is 11.4. The van der Waals surface area contributed by atoms with E-state index in [9.17, 15) is 0 Å². The van der Waals surface area contributed by atoms with Gasteiger partial charge in [0, 0.05) is 5.75 Å². The molecule has 2 rings (SSSR count). The van der Waals surface area contributed by atoms with Gasteiger partial charge in [0.15, 0.2) is 4.34 Å². The first-order chi connectivity index (χ1) is 7.78. The quantitative estimate of drug-likeness (QED) is 0.782. The average Bonchev–Trinajstić information content (AvgIpc) is 2.73. The van der Waals surface area contributed by atoms with E-state index in [1.165, 1.54) is 17.1 Å². The number of hydrogen-bond acceptors (Lipinski definition) is 5. The molecule has 0 fully saturated rings. The van der Waals surface area contributed by atoms with Gasteiger partial charge in [0.1, 0.15) is 5.82 Å². The third-order valence-corrected chi connectivity index (χ3v) is 3.95. The van der Waals surface area contributed by atoms with Crippen LogP contribution in [0, 0.1) is 18.3 Å². The fourth-order valence-electron chi connectivity index (χ4n) is 1.16. The molecule has 16 heavy (non-hydrogen) atoms. The molecule has 1 aromatic carbocycles. The number of hydrogen-bond donors (Lipinski definition) is 0. The van der Waals surface area contributed by atoms with Crippen molar-refractivity contribution in [1.29, 1.82) is 5.26 Å². The number of nitriles is 1. The van der Waals surface area contributed by atoms with Crippen molar-refractivity contribution in [3.8, 4) is 6.07 Å². The molecule has 0 N–H and O–H groups in total. The summed E-state index contributed by atoms with van der Waals surface area (Å²) in [5, 5.41) is 8.67. The number of benzene rings is 1. The van der Waals surface area contributed by atoms with Gasteiger partial charge in [-0.3, -0.25) is 0 Å². The van der Waals surface area contributed by atoms with Crippen molar-refractivity contribution in [2.24, 2.45) is 0 Å². The molecule has 2 aromatic rings. The van der Waals surface area contributed by atoms with Gasteiger partial charge in [0.2, 0.25) is 0 Å². The highest BCUT2D eigenvalue weighted by atomic mass is 32.2. The number of aryl methyl sites for hydroxylation is 1. The van der Waals surface area contributed by atoms with E-state index < -0.39 is 0 Å². The second-order valence-corrected chi connectivity index (χ2v) is 5.18. The van der Waals surface area contributed by atoms with Crippen LogP contribution in [0.25, 0.3) is 0 Å². The first kappa shape index (κ1) is 11.1. The standard InChI is InChI=1S/C11H9N3S2/c1-8-13-11(16-14-8)15-7-10-4-2-9(6-12)3-5-10/h2-5H,7H2,1H3. The van der Waals surface area contributed by atoms with Crippen molar-refractivity contribution in [1.82, 2.24) is 9.36 Å². The fraction of sp³-hybridized carbons (Fsp3) is 0.182. The minimum absolute atomic E-state index is 0.695. The lowest BCUT2D eigenvalue weighted by Crippen LogP contribution is -1.81.